The zero-order chi connectivity index (χ0) is 23.8. The number of ether oxygens (including phenoxy) is 1. The molecule has 1 aliphatic heterocycles. The maximum absolute atomic E-state index is 12.7. The SMILES string of the molecule is CCN(CC)Cc1cccc(NC(=O)c2ccc(OCC(=O)N3C(C)CCCC3C)cc2)c1. The second-order valence-electron chi connectivity index (χ2n) is 8.86. The number of carbonyl (C=O) groups is 2. The van der Waals surface area contributed by atoms with E-state index in [0.717, 1.165) is 44.6 Å². The predicted molar refractivity (Wildman–Crippen MR) is 133 cm³/mol. The van der Waals surface area contributed by atoms with Crippen molar-refractivity contribution >= 4 is 17.5 Å². The highest BCUT2D eigenvalue weighted by Gasteiger charge is 2.28. The van der Waals surface area contributed by atoms with Crippen LogP contribution in [0.4, 0.5) is 5.69 Å². The van der Waals surface area contributed by atoms with Crippen LogP contribution in [0.1, 0.15) is 62.9 Å². The molecule has 0 aromatic heterocycles. The fourth-order valence-electron chi connectivity index (χ4n) is 4.49. The van der Waals surface area contributed by atoms with E-state index in [9.17, 15) is 9.59 Å². The van der Waals surface area contributed by atoms with Crippen molar-refractivity contribution in [2.45, 2.75) is 65.6 Å². The van der Waals surface area contributed by atoms with E-state index in [-0.39, 0.29) is 30.5 Å². The monoisotopic (exact) mass is 451 g/mol. The lowest BCUT2D eigenvalue weighted by molar-refractivity contribution is -0.139. The van der Waals surface area contributed by atoms with Crippen LogP contribution in [-0.4, -0.2) is 53.4 Å². The van der Waals surface area contributed by atoms with Gasteiger partial charge in [0, 0.05) is 29.9 Å². The largest absolute Gasteiger partial charge is 0.484 e. The first-order valence-electron chi connectivity index (χ1n) is 12.1. The van der Waals surface area contributed by atoms with Gasteiger partial charge in [0.2, 0.25) is 0 Å². The average molecular weight is 452 g/mol. The molecule has 6 heteroatoms. The fourth-order valence-corrected chi connectivity index (χ4v) is 4.49. The van der Waals surface area contributed by atoms with Crippen LogP contribution in [0.2, 0.25) is 0 Å². The number of amides is 2. The van der Waals surface area contributed by atoms with Gasteiger partial charge in [0.15, 0.2) is 6.61 Å². The number of hydrogen-bond donors (Lipinski definition) is 1. The molecular formula is C27H37N3O3. The lowest BCUT2D eigenvalue weighted by atomic mass is 9.97. The van der Waals surface area contributed by atoms with Crippen molar-refractivity contribution in [2.24, 2.45) is 0 Å². The highest BCUT2D eigenvalue weighted by Crippen LogP contribution is 2.23. The number of benzene rings is 2. The number of nitrogens with zero attached hydrogens (tertiary/aromatic N) is 2. The topological polar surface area (TPSA) is 61.9 Å². The van der Waals surface area contributed by atoms with Crippen molar-refractivity contribution in [3.8, 4) is 5.75 Å². The van der Waals surface area contributed by atoms with E-state index in [2.05, 4.69) is 44.0 Å². The van der Waals surface area contributed by atoms with E-state index in [1.54, 1.807) is 24.3 Å². The van der Waals surface area contributed by atoms with Gasteiger partial charge < -0.3 is 15.0 Å². The Balaban J connectivity index is 1.54. The number of nitrogens with one attached hydrogen (secondary N) is 1. The molecule has 0 bridgehead atoms. The third-order valence-corrected chi connectivity index (χ3v) is 6.45. The molecule has 1 aliphatic rings. The summed E-state index contributed by atoms with van der Waals surface area (Å²) in [5.41, 5.74) is 2.49. The number of piperidine rings is 1. The van der Waals surface area contributed by atoms with Gasteiger partial charge in [0.05, 0.1) is 0 Å². The highest BCUT2D eigenvalue weighted by molar-refractivity contribution is 6.04. The predicted octanol–water partition coefficient (Wildman–Crippen LogP) is 4.95. The molecule has 0 spiro atoms. The summed E-state index contributed by atoms with van der Waals surface area (Å²) >= 11 is 0. The summed E-state index contributed by atoms with van der Waals surface area (Å²) in [6, 6.07) is 15.4. The average Bonchev–Trinajstić information content (AvgIpc) is 2.81. The first-order valence-corrected chi connectivity index (χ1v) is 12.1. The molecule has 1 saturated heterocycles. The van der Waals surface area contributed by atoms with Crippen LogP contribution in [0.3, 0.4) is 0 Å². The second-order valence-corrected chi connectivity index (χ2v) is 8.86. The summed E-state index contributed by atoms with van der Waals surface area (Å²) in [4.78, 5) is 29.6. The molecular weight excluding hydrogens is 414 g/mol. The Morgan fingerprint density at radius 1 is 1.03 bits per heavy atom. The Labute approximate surface area is 197 Å². The molecule has 2 amide bonds. The molecule has 2 unspecified atom stereocenters. The standard InChI is InChI=1S/C27H37N3O3/c1-5-29(6-2)18-22-11-8-12-24(17-22)28-27(32)23-13-15-25(16-14-23)33-19-26(31)30-20(3)9-7-10-21(30)4/h8,11-17,20-21H,5-7,9-10,18-19H2,1-4H3,(H,28,32). The van der Waals surface area contributed by atoms with Gasteiger partial charge in [0.25, 0.3) is 11.8 Å². The summed E-state index contributed by atoms with van der Waals surface area (Å²) < 4.78 is 5.72. The van der Waals surface area contributed by atoms with Crippen molar-refractivity contribution in [3.63, 3.8) is 0 Å². The Morgan fingerprint density at radius 3 is 2.33 bits per heavy atom. The van der Waals surface area contributed by atoms with E-state index < -0.39 is 0 Å². The van der Waals surface area contributed by atoms with Crippen molar-refractivity contribution in [1.29, 1.82) is 0 Å². The van der Waals surface area contributed by atoms with Gasteiger partial charge in [-0.05, 0) is 88.2 Å². The molecule has 3 rings (SSSR count). The van der Waals surface area contributed by atoms with Gasteiger partial charge in [-0.25, -0.2) is 0 Å². The third kappa shape index (κ3) is 6.81. The quantitative estimate of drug-likeness (QED) is 0.586. The number of likely N-dealkylation sites (tertiary alicyclic amines) is 1. The molecule has 2 aromatic carbocycles. The van der Waals surface area contributed by atoms with Crippen LogP contribution >= 0.6 is 0 Å². The van der Waals surface area contributed by atoms with Gasteiger partial charge in [-0.15, -0.1) is 0 Å². The smallest absolute Gasteiger partial charge is 0.260 e. The van der Waals surface area contributed by atoms with Crippen molar-refractivity contribution < 1.29 is 14.3 Å². The molecule has 1 fully saturated rings. The van der Waals surface area contributed by atoms with Crippen molar-refractivity contribution in [1.82, 2.24) is 9.80 Å². The molecule has 0 radical (unpaired) electrons. The highest BCUT2D eigenvalue weighted by atomic mass is 16.5. The maximum Gasteiger partial charge on any atom is 0.260 e. The third-order valence-electron chi connectivity index (χ3n) is 6.45. The Kier molecular flexibility index (Phi) is 8.89. The van der Waals surface area contributed by atoms with Crippen LogP contribution < -0.4 is 10.1 Å². The number of anilines is 1. The van der Waals surface area contributed by atoms with Crippen LogP contribution in [0, 0.1) is 0 Å². The molecule has 33 heavy (non-hydrogen) atoms. The van der Waals surface area contributed by atoms with E-state index >= 15 is 0 Å². The van der Waals surface area contributed by atoms with Gasteiger partial charge in [0.1, 0.15) is 5.75 Å². The van der Waals surface area contributed by atoms with Crippen LogP contribution in [-0.2, 0) is 11.3 Å². The van der Waals surface area contributed by atoms with Gasteiger partial charge in [-0.2, -0.15) is 0 Å². The summed E-state index contributed by atoms with van der Waals surface area (Å²) in [5.74, 6) is 0.424. The minimum absolute atomic E-state index is 0.0134. The fraction of sp³-hybridized carbons (Fsp3) is 0.481. The molecule has 2 atom stereocenters. The molecule has 1 N–H and O–H groups in total. The first kappa shape index (κ1) is 24.8. The molecule has 178 valence electrons. The molecule has 1 heterocycles. The number of carbonyl (C=O) groups excluding carboxylic acids is 2. The van der Waals surface area contributed by atoms with Gasteiger partial charge in [-0.1, -0.05) is 26.0 Å². The van der Waals surface area contributed by atoms with Crippen molar-refractivity contribution in [2.75, 3.05) is 25.0 Å². The lowest BCUT2D eigenvalue weighted by Crippen LogP contribution is -2.49. The minimum atomic E-state index is -0.173. The maximum atomic E-state index is 12.7. The summed E-state index contributed by atoms with van der Waals surface area (Å²) in [5, 5.41) is 2.97. The van der Waals surface area contributed by atoms with Crippen molar-refractivity contribution in [3.05, 3.63) is 59.7 Å². The Morgan fingerprint density at radius 2 is 1.70 bits per heavy atom. The Bertz CT molecular complexity index is 914. The van der Waals surface area contributed by atoms with Gasteiger partial charge in [-0.3, -0.25) is 14.5 Å². The van der Waals surface area contributed by atoms with E-state index in [1.807, 2.05) is 23.1 Å². The number of rotatable bonds is 9. The normalized spacial score (nSPS) is 18.3. The molecule has 6 nitrogen and oxygen atoms in total. The van der Waals surface area contributed by atoms with Crippen LogP contribution in [0.25, 0.3) is 0 Å². The van der Waals surface area contributed by atoms with Gasteiger partial charge >= 0.3 is 0 Å². The van der Waals surface area contributed by atoms with E-state index in [4.69, 9.17) is 4.74 Å². The van der Waals surface area contributed by atoms with Crippen LogP contribution in [0.15, 0.2) is 48.5 Å². The lowest BCUT2D eigenvalue weighted by Gasteiger charge is -2.38. The summed E-state index contributed by atoms with van der Waals surface area (Å²) in [6.45, 7) is 11.3. The minimum Gasteiger partial charge on any atom is -0.484 e. The summed E-state index contributed by atoms with van der Waals surface area (Å²) in [6.07, 6.45) is 3.24. The Hall–Kier alpha value is -2.86. The molecule has 0 saturated carbocycles. The summed E-state index contributed by atoms with van der Waals surface area (Å²) in [7, 11) is 0. The molecule has 2 aromatic rings. The van der Waals surface area contributed by atoms with E-state index in [0.29, 0.717) is 11.3 Å². The van der Waals surface area contributed by atoms with Crippen LogP contribution in [0.5, 0.6) is 5.75 Å². The van der Waals surface area contributed by atoms with E-state index in [1.165, 1.54) is 5.56 Å². The second kappa shape index (κ2) is 11.8. The zero-order valence-electron chi connectivity index (χ0n) is 20.3. The zero-order valence-corrected chi connectivity index (χ0v) is 20.3. The molecule has 0 aliphatic carbocycles. The number of hydrogen-bond acceptors (Lipinski definition) is 4. The first-order chi connectivity index (χ1) is 15.9.